The maximum Gasteiger partial charge on any atom is 0.302 e. The minimum Gasteiger partial charge on any atom is -0.423 e. The summed E-state index contributed by atoms with van der Waals surface area (Å²) in [4.78, 5) is 22.3. The third-order valence-electron chi connectivity index (χ3n) is 5.37. The lowest BCUT2D eigenvalue weighted by atomic mass is 9.72. The molecule has 2 aromatic carbocycles. The van der Waals surface area contributed by atoms with Crippen LogP contribution in [-0.4, -0.2) is 16.7 Å². The molecule has 0 bridgehead atoms. The predicted octanol–water partition coefficient (Wildman–Crippen LogP) is 4.44. The van der Waals surface area contributed by atoms with Crippen molar-refractivity contribution in [2.75, 3.05) is 5.32 Å². The normalized spacial score (nSPS) is 23.0. The molecule has 2 aliphatic rings. The van der Waals surface area contributed by atoms with Crippen molar-refractivity contribution in [1.82, 2.24) is 10.3 Å². The number of ketones is 1. The highest BCUT2D eigenvalue weighted by atomic mass is 16.4. The van der Waals surface area contributed by atoms with Crippen LogP contribution < -0.4 is 10.6 Å². The molecule has 5 rings (SSSR count). The molecular formula is C23H22N4O2. The summed E-state index contributed by atoms with van der Waals surface area (Å²) in [5.74, 6) is 0.427. The second-order valence-corrected chi connectivity index (χ2v) is 8.28. The summed E-state index contributed by atoms with van der Waals surface area (Å²) in [5.41, 5.74) is 3.18. The van der Waals surface area contributed by atoms with Gasteiger partial charge in [-0.2, -0.15) is 4.98 Å². The molecular weight excluding hydrogens is 364 g/mol. The Morgan fingerprint density at radius 2 is 1.86 bits per heavy atom. The molecule has 3 aromatic rings. The minimum absolute atomic E-state index is 0.197. The van der Waals surface area contributed by atoms with Crippen molar-refractivity contribution >= 4 is 28.9 Å². The summed E-state index contributed by atoms with van der Waals surface area (Å²) in [5, 5.41) is 6.47. The van der Waals surface area contributed by atoms with Gasteiger partial charge in [-0.1, -0.05) is 62.4 Å². The number of hydrogen-bond acceptors (Lipinski definition) is 6. The minimum atomic E-state index is -0.306. The van der Waals surface area contributed by atoms with Crippen LogP contribution >= 0.6 is 0 Å². The maximum atomic E-state index is 13.0. The highest BCUT2D eigenvalue weighted by Crippen LogP contribution is 2.42. The molecule has 1 aliphatic carbocycles. The van der Waals surface area contributed by atoms with Gasteiger partial charge in [-0.15, -0.1) is 0 Å². The van der Waals surface area contributed by atoms with Crippen LogP contribution in [0.15, 0.2) is 75.8 Å². The standard InChI is InChI=1S/C23H22N4O2/c1-23(2)12-16-19(17(28)13-23)20(14-8-4-3-5-9-14)26-21(24-16)27-22-25-15-10-6-7-11-18(15)29-22/h3-12,19-20H,13H2,1-2H3,(H2,24,25,26,27)/t19-,20-/m0/s1. The first-order valence-corrected chi connectivity index (χ1v) is 9.76. The molecule has 0 saturated heterocycles. The molecule has 0 saturated carbocycles. The zero-order chi connectivity index (χ0) is 20.0. The smallest absolute Gasteiger partial charge is 0.302 e. The number of para-hydroxylation sites is 2. The number of allylic oxidation sites excluding steroid dienone is 1. The highest BCUT2D eigenvalue weighted by Gasteiger charge is 2.42. The number of hydrogen-bond donors (Lipinski definition) is 2. The lowest BCUT2D eigenvalue weighted by Crippen LogP contribution is -2.45. The van der Waals surface area contributed by atoms with Gasteiger partial charge in [0, 0.05) is 12.1 Å². The van der Waals surface area contributed by atoms with Crippen molar-refractivity contribution in [3.8, 4) is 0 Å². The molecule has 6 heteroatoms. The Morgan fingerprint density at radius 3 is 2.66 bits per heavy atom. The number of carbonyl (C=O) groups is 1. The number of oxazole rings is 1. The first-order chi connectivity index (χ1) is 14.0. The Labute approximate surface area is 168 Å². The van der Waals surface area contributed by atoms with Crippen molar-refractivity contribution in [2.45, 2.75) is 26.3 Å². The van der Waals surface area contributed by atoms with Gasteiger partial charge in [0.2, 0.25) is 5.96 Å². The number of guanidine groups is 1. The fourth-order valence-electron chi connectivity index (χ4n) is 4.14. The van der Waals surface area contributed by atoms with Gasteiger partial charge in [-0.3, -0.25) is 10.1 Å². The van der Waals surface area contributed by atoms with E-state index in [1.54, 1.807) is 0 Å². The fraction of sp³-hybridized carbons (Fsp3) is 0.261. The zero-order valence-electron chi connectivity index (χ0n) is 16.3. The largest absolute Gasteiger partial charge is 0.423 e. The van der Waals surface area contributed by atoms with Crippen molar-refractivity contribution in [1.29, 1.82) is 0 Å². The van der Waals surface area contributed by atoms with Gasteiger partial charge in [0.1, 0.15) is 11.3 Å². The van der Waals surface area contributed by atoms with E-state index in [0.717, 1.165) is 16.8 Å². The monoisotopic (exact) mass is 386 g/mol. The maximum absolute atomic E-state index is 13.0. The van der Waals surface area contributed by atoms with Gasteiger partial charge >= 0.3 is 6.01 Å². The molecule has 6 nitrogen and oxygen atoms in total. The van der Waals surface area contributed by atoms with E-state index in [-0.39, 0.29) is 23.2 Å². The molecule has 0 fully saturated rings. The van der Waals surface area contributed by atoms with Crippen molar-refractivity contribution in [3.63, 3.8) is 0 Å². The third-order valence-corrected chi connectivity index (χ3v) is 5.37. The average molecular weight is 386 g/mol. The number of nitrogens with zero attached hydrogens (tertiary/aromatic N) is 2. The van der Waals surface area contributed by atoms with Crippen molar-refractivity contribution in [2.24, 2.45) is 16.3 Å². The molecule has 2 heterocycles. The molecule has 0 amide bonds. The van der Waals surface area contributed by atoms with E-state index < -0.39 is 0 Å². The number of aromatic nitrogens is 1. The molecule has 0 radical (unpaired) electrons. The molecule has 2 atom stereocenters. The molecule has 146 valence electrons. The molecule has 1 aromatic heterocycles. The summed E-state index contributed by atoms with van der Waals surface area (Å²) < 4.78 is 5.78. The van der Waals surface area contributed by atoms with E-state index in [2.05, 4.69) is 35.5 Å². The molecule has 1 aliphatic heterocycles. The van der Waals surface area contributed by atoms with Crippen LogP contribution in [0, 0.1) is 11.3 Å². The summed E-state index contributed by atoms with van der Waals surface area (Å²) in [6, 6.07) is 17.6. The van der Waals surface area contributed by atoms with Gasteiger partial charge in [0.15, 0.2) is 5.58 Å². The van der Waals surface area contributed by atoms with Gasteiger partial charge in [0.25, 0.3) is 0 Å². The number of fused-ring (bicyclic) bond motifs is 2. The second kappa shape index (κ2) is 6.58. The van der Waals surface area contributed by atoms with E-state index in [1.165, 1.54) is 0 Å². The summed E-state index contributed by atoms with van der Waals surface area (Å²) in [6.07, 6.45) is 2.66. The van der Waals surface area contributed by atoms with Crippen LogP contribution in [0.2, 0.25) is 0 Å². The summed E-state index contributed by atoms with van der Waals surface area (Å²) in [7, 11) is 0. The van der Waals surface area contributed by atoms with Gasteiger partial charge in [0.05, 0.1) is 12.0 Å². The second-order valence-electron chi connectivity index (χ2n) is 8.28. The van der Waals surface area contributed by atoms with E-state index in [4.69, 9.17) is 9.41 Å². The molecule has 29 heavy (non-hydrogen) atoms. The Hall–Kier alpha value is -3.41. The van der Waals surface area contributed by atoms with Crippen LogP contribution in [0.25, 0.3) is 11.1 Å². The lowest BCUT2D eigenvalue weighted by molar-refractivity contribution is -0.124. The Kier molecular flexibility index (Phi) is 4.01. The van der Waals surface area contributed by atoms with Crippen molar-refractivity contribution < 1.29 is 9.21 Å². The third kappa shape index (κ3) is 3.31. The number of benzene rings is 2. The highest BCUT2D eigenvalue weighted by molar-refractivity contribution is 5.98. The van der Waals surface area contributed by atoms with E-state index in [1.807, 2.05) is 54.6 Å². The van der Waals surface area contributed by atoms with Crippen LogP contribution in [0.5, 0.6) is 0 Å². The van der Waals surface area contributed by atoms with Gasteiger partial charge in [-0.25, -0.2) is 4.99 Å². The van der Waals surface area contributed by atoms with Gasteiger partial charge < -0.3 is 9.73 Å². The van der Waals surface area contributed by atoms with Crippen LogP contribution in [0.3, 0.4) is 0 Å². The quantitative estimate of drug-likeness (QED) is 0.681. The summed E-state index contributed by atoms with van der Waals surface area (Å²) in [6.45, 7) is 4.15. The number of carbonyl (C=O) groups excluding carboxylic acids is 1. The Morgan fingerprint density at radius 1 is 1.10 bits per heavy atom. The number of rotatable bonds is 2. The number of aliphatic imine (C=N–C) groups is 1. The zero-order valence-corrected chi connectivity index (χ0v) is 16.3. The number of anilines is 1. The first-order valence-electron chi connectivity index (χ1n) is 9.76. The SMILES string of the molecule is CC1(C)C=C2NC(Nc3nc4ccccc4o3)=N[C@@H](c3ccccc3)[C@@H]2C(=O)C1. The van der Waals surface area contributed by atoms with Crippen LogP contribution in [-0.2, 0) is 4.79 Å². The van der Waals surface area contributed by atoms with E-state index in [0.29, 0.717) is 24.0 Å². The Bertz CT molecular complexity index is 1110. The average Bonchev–Trinajstić information content (AvgIpc) is 3.09. The van der Waals surface area contributed by atoms with Crippen molar-refractivity contribution in [3.05, 3.63) is 71.9 Å². The topological polar surface area (TPSA) is 79.5 Å². The molecule has 2 N–H and O–H groups in total. The molecule has 0 unspecified atom stereocenters. The molecule has 0 spiro atoms. The van der Waals surface area contributed by atoms with Crippen LogP contribution in [0.4, 0.5) is 6.01 Å². The Balaban J connectivity index is 1.55. The fourth-order valence-corrected chi connectivity index (χ4v) is 4.14. The van der Waals surface area contributed by atoms with E-state index >= 15 is 0 Å². The van der Waals surface area contributed by atoms with Crippen LogP contribution in [0.1, 0.15) is 31.9 Å². The van der Waals surface area contributed by atoms with E-state index in [9.17, 15) is 4.79 Å². The number of nitrogens with one attached hydrogen (secondary N) is 2. The first kappa shape index (κ1) is 17.7. The van der Waals surface area contributed by atoms with Gasteiger partial charge in [-0.05, 0) is 23.1 Å². The predicted molar refractivity (Wildman–Crippen MR) is 112 cm³/mol. The lowest BCUT2D eigenvalue weighted by Gasteiger charge is -2.38. The number of Topliss-reactive ketones (excluding diaryl/α,β-unsaturated/α-hetero) is 1. The summed E-state index contributed by atoms with van der Waals surface area (Å²) >= 11 is 0.